The minimum Gasteiger partial charge on any atom is -0.392 e. The standard InChI is InChI=1S/C48H59N13O4/c1-29(51-46(64)41-26-60(56-54-41)48(4,5)6)38-12-7-33(23-34(38)27-62)44-39-24-40(52-45(39)50-28-49-44)43-30(2)55-61(31(43)3)37-15-18-57(19-16-37)25-32-13-20-58(21-14-32)35-8-10-36(11-9-35)59-22-17-42(63)53-47(59)65/h7-12,23-24,26,28-29,32,37,62H,13-22,25,27H2,1-6H3,(H,51,64)(H,49,50,52)(H,53,63,65)/t29-/m1/s1. The largest absolute Gasteiger partial charge is 0.392 e. The number of carbonyl (C=O) groups is 3. The van der Waals surface area contributed by atoms with Crippen molar-refractivity contribution in [1.82, 2.24) is 55.3 Å². The lowest BCUT2D eigenvalue weighted by Gasteiger charge is -2.38. The van der Waals surface area contributed by atoms with E-state index in [-0.39, 0.29) is 35.7 Å². The van der Waals surface area contributed by atoms with Crippen molar-refractivity contribution in [2.45, 2.75) is 97.9 Å². The predicted octanol–water partition coefficient (Wildman–Crippen LogP) is 6.43. The first-order chi connectivity index (χ1) is 31.2. The fourth-order valence-corrected chi connectivity index (χ4v) is 9.81. The highest BCUT2D eigenvalue weighted by Gasteiger charge is 2.30. The number of imide groups is 1. The molecule has 17 nitrogen and oxygen atoms in total. The molecule has 1 atom stereocenters. The van der Waals surface area contributed by atoms with E-state index in [4.69, 9.17) is 10.1 Å². The van der Waals surface area contributed by atoms with Crippen LogP contribution in [0, 0.1) is 19.8 Å². The molecule has 17 heteroatoms. The molecule has 0 unspecified atom stereocenters. The van der Waals surface area contributed by atoms with Crippen LogP contribution in [-0.2, 0) is 16.9 Å². The molecule has 3 fully saturated rings. The summed E-state index contributed by atoms with van der Waals surface area (Å²) < 4.78 is 3.90. The number of hydrogen-bond acceptors (Lipinski definition) is 11. The van der Waals surface area contributed by atoms with Gasteiger partial charge in [0.25, 0.3) is 5.91 Å². The SMILES string of the molecule is Cc1nn(C2CCN(CC3CCN(c4ccc(N5CCC(=O)NC5=O)cc4)CC3)CC2)c(C)c1-c1cc2c(-c3ccc([C@@H](C)NC(=O)c4cn(C(C)(C)C)nn4)c(CO)c3)ncnc2[nH]1. The molecule has 4 N–H and O–H groups in total. The van der Waals surface area contributed by atoms with E-state index in [9.17, 15) is 19.5 Å². The Morgan fingerprint density at radius 2 is 1.68 bits per heavy atom. The van der Waals surface area contributed by atoms with Crippen molar-refractivity contribution in [3.8, 4) is 22.5 Å². The normalized spacial score (nSPS) is 17.5. The predicted molar refractivity (Wildman–Crippen MR) is 248 cm³/mol. The number of aliphatic hydroxyl groups is 1. The molecule has 3 aliphatic rings. The Labute approximate surface area is 378 Å². The fourth-order valence-electron chi connectivity index (χ4n) is 9.81. The smallest absolute Gasteiger partial charge is 0.328 e. The summed E-state index contributed by atoms with van der Waals surface area (Å²) in [5.74, 6) is 0.0972. The second kappa shape index (κ2) is 17.8. The summed E-state index contributed by atoms with van der Waals surface area (Å²) in [5, 5.41) is 30.1. The van der Waals surface area contributed by atoms with E-state index in [1.54, 1.807) is 22.1 Å². The molecule has 0 radical (unpaired) electrons. The monoisotopic (exact) mass is 881 g/mol. The third kappa shape index (κ3) is 8.99. The van der Waals surface area contributed by atoms with Gasteiger partial charge in [-0.25, -0.2) is 19.4 Å². The maximum absolute atomic E-state index is 13.1. The van der Waals surface area contributed by atoms with Crippen LogP contribution >= 0.6 is 0 Å². The van der Waals surface area contributed by atoms with E-state index in [0.717, 1.165) is 115 Å². The van der Waals surface area contributed by atoms with E-state index in [1.807, 2.05) is 58.0 Å². The van der Waals surface area contributed by atoms with Gasteiger partial charge < -0.3 is 25.2 Å². The lowest BCUT2D eigenvalue weighted by atomic mass is 9.94. The van der Waals surface area contributed by atoms with Gasteiger partial charge in [-0.1, -0.05) is 17.3 Å². The van der Waals surface area contributed by atoms with Crippen molar-refractivity contribution in [1.29, 1.82) is 0 Å². The molecule has 3 aliphatic heterocycles. The van der Waals surface area contributed by atoms with Gasteiger partial charge in [0.1, 0.15) is 12.0 Å². The van der Waals surface area contributed by atoms with Gasteiger partial charge in [-0.2, -0.15) is 5.10 Å². The zero-order chi connectivity index (χ0) is 45.6. The molecule has 340 valence electrons. The van der Waals surface area contributed by atoms with Crippen LogP contribution in [0.4, 0.5) is 16.2 Å². The lowest BCUT2D eigenvalue weighted by Crippen LogP contribution is -2.49. The number of likely N-dealkylation sites (tertiary alicyclic amines) is 1. The fraction of sp³-hybridized carbons (Fsp3) is 0.458. The van der Waals surface area contributed by atoms with Crippen LogP contribution in [-0.4, -0.2) is 107 Å². The number of urea groups is 1. The summed E-state index contributed by atoms with van der Waals surface area (Å²) in [6.45, 7) is 17.5. The maximum Gasteiger partial charge on any atom is 0.328 e. The number of fused-ring (bicyclic) bond motifs is 1. The van der Waals surface area contributed by atoms with Gasteiger partial charge in [-0.05, 0) is 121 Å². The van der Waals surface area contributed by atoms with Gasteiger partial charge >= 0.3 is 6.03 Å². The van der Waals surface area contributed by atoms with Crippen molar-refractivity contribution in [2.24, 2.45) is 5.92 Å². The first-order valence-corrected chi connectivity index (χ1v) is 22.8. The molecule has 4 aromatic heterocycles. The Kier molecular flexibility index (Phi) is 12.0. The molecular formula is C48H59N13O4. The quantitative estimate of drug-likeness (QED) is 0.112. The van der Waals surface area contributed by atoms with Crippen LogP contribution < -0.4 is 20.4 Å². The number of hydrogen-bond donors (Lipinski definition) is 4. The number of piperidine rings is 2. The Morgan fingerprint density at radius 1 is 0.938 bits per heavy atom. The van der Waals surface area contributed by atoms with Crippen molar-refractivity contribution in [3.05, 3.63) is 89.3 Å². The number of anilines is 2. The topological polar surface area (TPSA) is 195 Å². The Hall–Kier alpha value is -6.46. The number of benzene rings is 2. The lowest BCUT2D eigenvalue weighted by molar-refractivity contribution is -0.120. The summed E-state index contributed by atoms with van der Waals surface area (Å²) in [6, 6.07) is 15.6. The van der Waals surface area contributed by atoms with Gasteiger partial charge in [0.05, 0.1) is 47.5 Å². The van der Waals surface area contributed by atoms with E-state index in [0.29, 0.717) is 30.5 Å². The highest BCUT2D eigenvalue weighted by atomic mass is 16.3. The van der Waals surface area contributed by atoms with Gasteiger partial charge in [0.15, 0.2) is 5.69 Å². The first kappa shape index (κ1) is 43.8. The second-order valence-corrected chi connectivity index (χ2v) is 18.9. The summed E-state index contributed by atoms with van der Waals surface area (Å²) in [4.78, 5) is 56.5. The Morgan fingerprint density at radius 3 is 2.37 bits per heavy atom. The van der Waals surface area contributed by atoms with Crippen LogP contribution in [0.1, 0.15) is 105 Å². The van der Waals surface area contributed by atoms with Crippen LogP contribution in [0.2, 0.25) is 0 Å². The molecule has 0 bridgehead atoms. The zero-order valence-corrected chi connectivity index (χ0v) is 38.1. The van der Waals surface area contributed by atoms with Gasteiger partial charge in [0.2, 0.25) is 5.91 Å². The van der Waals surface area contributed by atoms with Crippen LogP contribution in [0.25, 0.3) is 33.5 Å². The average Bonchev–Trinajstić information content (AvgIpc) is 4.04. The van der Waals surface area contributed by atoms with E-state index in [2.05, 4.69) is 77.4 Å². The van der Waals surface area contributed by atoms with Crippen molar-refractivity contribution in [2.75, 3.05) is 49.1 Å². The molecular weight excluding hydrogens is 823 g/mol. The highest BCUT2D eigenvalue weighted by Crippen LogP contribution is 2.36. The molecule has 65 heavy (non-hydrogen) atoms. The second-order valence-electron chi connectivity index (χ2n) is 18.9. The first-order valence-electron chi connectivity index (χ1n) is 22.8. The zero-order valence-electron chi connectivity index (χ0n) is 38.1. The minimum absolute atomic E-state index is 0.210. The number of aromatic nitrogens is 8. The Bertz CT molecular complexity index is 2710. The molecule has 0 aliphatic carbocycles. The summed E-state index contributed by atoms with van der Waals surface area (Å²) >= 11 is 0. The number of aromatic amines is 1. The Balaban J connectivity index is 0.815. The van der Waals surface area contributed by atoms with Crippen molar-refractivity contribution >= 4 is 40.3 Å². The van der Waals surface area contributed by atoms with E-state index >= 15 is 0 Å². The third-order valence-electron chi connectivity index (χ3n) is 13.4. The number of carbonyl (C=O) groups excluding carboxylic acids is 3. The van der Waals surface area contributed by atoms with Crippen molar-refractivity contribution < 1.29 is 19.5 Å². The minimum atomic E-state index is -0.395. The van der Waals surface area contributed by atoms with Gasteiger partial charge in [-0.15, -0.1) is 5.10 Å². The van der Waals surface area contributed by atoms with Crippen LogP contribution in [0.5, 0.6) is 0 Å². The number of aliphatic hydroxyl groups excluding tert-OH is 1. The molecule has 9 rings (SSSR count). The molecule has 0 saturated carbocycles. The number of amides is 4. The highest BCUT2D eigenvalue weighted by molar-refractivity contribution is 6.05. The van der Waals surface area contributed by atoms with Crippen LogP contribution in [0.3, 0.4) is 0 Å². The van der Waals surface area contributed by atoms with Gasteiger partial charge in [0, 0.05) is 79.3 Å². The summed E-state index contributed by atoms with van der Waals surface area (Å²) in [6.07, 6.45) is 7.90. The molecule has 0 spiro atoms. The molecule has 2 aromatic carbocycles. The van der Waals surface area contributed by atoms with Crippen LogP contribution in [0.15, 0.2) is 61.1 Å². The third-order valence-corrected chi connectivity index (χ3v) is 13.4. The number of nitrogens with one attached hydrogen (secondary N) is 3. The van der Waals surface area contributed by atoms with Gasteiger partial charge in [-0.3, -0.25) is 24.5 Å². The number of rotatable bonds is 11. The van der Waals surface area contributed by atoms with Crippen molar-refractivity contribution in [3.63, 3.8) is 0 Å². The van der Waals surface area contributed by atoms with E-state index < -0.39 is 6.04 Å². The molecule has 7 heterocycles. The average molecular weight is 882 g/mol. The number of H-pyrrole nitrogens is 1. The van der Waals surface area contributed by atoms with E-state index in [1.165, 1.54) is 5.69 Å². The number of aryl methyl sites for hydroxylation is 1. The number of nitrogens with zero attached hydrogens (tertiary/aromatic N) is 10. The molecule has 6 aromatic rings. The molecule has 3 saturated heterocycles. The molecule has 4 amide bonds. The summed E-state index contributed by atoms with van der Waals surface area (Å²) in [7, 11) is 0. The summed E-state index contributed by atoms with van der Waals surface area (Å²) in [5.41, 5.74) is 9.79. The maximum atomic E-state index is 13.1.